The number of rotatable bonds is 4. The van der Waals surface area contributed by atoms with Crippen molar-refractivity contribution in [3.63, 3.8) is 0 Å². The standard InChI is InChI=1S/C12H17N5/c1-3-11(13)12-8-17(16-15-12)7-10-6-4-5-9(2)14-10/h4-6,8,11H,3,7,13H2,1-2H3. The number of nitrogens with zero attached hydrogens (tertiary/aromatic N) is 4. The molecule has 0 saturated heterocycles. The number of aromatic nitrogens is 4. The molecule has 0 amide bonds. The summed E-state index contributed by atoms with van der Waals surface area (Å²) in [4.78, 5) is 4.42. The Bertz CT molecular complexity index is 491. The van der Waals surface area contributed by atoms with E-state index in [2.05, 4.69) is 15.3 Å². The quantitative estimate of drug-likeness (QED) is 0.864. The van der Waals surface area contributed by atoms with Gasteiger partial charge in [-0.1, -0.05) is 18.2 Å². The Morgan fingerprint density at radius 3 is 2.94 bits per heavy atom. The number of nitrogens with two attached hydrogens (primary N) is 1. The zero-order valence-corrected chi connectivity index (χ0v) is 10.2. The van der Waals surface area contributed by atoms with E-state index in [1.165, 1.54) is 0 Å². The molecule has 0 radical (unpaired) electrons. The number of hydrogen-bond donors (Lipinski definition) is 1. The van der Waals surface area contributed by atoms with Crippen LogP contribution in [-0.4, -0.2) is 20.0 Å². The van der Waals surface area contributed by atoms with E-state index in [1.807, 2.05) is 38.2 Å². The molecule has 0 aliphatic carbocycles. The van der Waals surface area contributed by atoms with Crippen LogP contribution in [0.15, 0.2) is 24.4 Å². The molecular formula is C12H17N5. The molecule has 90 valence electrons. The van der Waals surface area contributed by atoms with Gasteiger partial charge in [0.1, 0.15) is 0 Å². The molecule has 2 heterocycles. The lowest BCUT2D eigenvalue weighted by molar-refractivity contribution is 0.634. The first-order valence-electron chi connectivity index (χ1n) is 5.77. The third kappa shape index (κ3) is 2.88. The summed E-state index contributed by atoms with van der Waals surface area (Å²) >= 11 is 0. The Balaban J connectivity index is 2.11. The van der Waals surface area contributed by atoms with Gasteiger partial charge in [-0.2, -0.15) is 0 Å². The molecule has 0 spiro atoms. The molecule has 5 nitrogen and oxygen atoms in total. The second-order valence-electron chi connectivity index (χ2n) is 4.13. The average molecular weight is 231 g/mol. The highest BCUT2D eigenvalue weighted by Crippen LogP contribution is 2.09. The lowest BCUT2D eigenvalue weighted by Gasteiger charge is -2.02. The van der Waals surface area contributed by atoms with Crippen molar-refractivity contribution >= 4 is 0 Å². The third-order valence-corrected chi connectivity index (χ3v) is 2.65. The van der Waals surface area contributed by atoms with Gasteiger partial charge in [0.25, 0.3) is 0 Å². The molecule has 2 aromatic rings. The van der Waals surface area contributed by atoms with Crippen LogP contribution in [0.25, 0.3) is 0 Å². The molecule has 0 bridgehead atoms. The van der Waals surface area contributed by atoms with Gasteiger partial charge in [0, 0.05) is 5.69 Å². The van der Waals surface area contributed by atoms with Crippen LogP contribution in [0, 0.1) is 6.92 Å². The maximum atomic E-state index is 5.89. The van der Waals surface area contributed by atoms with Crippen molar-refractivity contribution in [2.24, 2.45) is 5.73 Å². The molecule has 2 rings (SSSR count). The minimum atomic E-state index is -0.0331. The number of hydrogen-bond acceptors (Lipinski definition) is 4. The Kier molecular flexibility index (Phi) is 3.49. The molecule has 0 aliphatic rings. The topological polar surface area (TPSA) is 69.6 Å². The summed E-state index contributed by atoms with van der Waals surface area (Å²) in [5.41, 5.74) is 8.71. The molecule has 2 N–H and O–H groups in total. The molecular weight excluding hydrogens is 214 g/mol. The molecule has 17 heavy (non-hydrogen) atoms. The van der Waals surface area contributed by atoms with Crippen molar-refractivity contribution < 1.29 is 0 Å². The van der Waals surface area contributed by atoms with E-state index in [-0.39, 0.29) is 6.04 Å². The number of aryl methyl sites for hydroxylation is 1. The first kappa shape index (κ1) is 11.7. The Morgan fingerprint density at radius 2 is 2.24 bits per heavy atom. The van der Waals surface area contributed by atoms with Crippen LogP contribution >= 0.6 is 0 Å². The summed E-state index contributed by atoms with van der Waals surface area (Å²) in [6, 6.07) is 5.92. The van der Waals surface area contributed by atoms with E-state index in [4.69, 9.17) is 5.73 Å². The molecule has 0 saturated carbocycles. The predicted molar refractivity (Wildman–Crippen MR) is 65.3 cm³/mol. The molecule has 0 aromatic carbocycles. The lowest BCUT2D eigenvalue weighted by Crippen LogP contribution is -2.08. The molecule has 0 fully saturated rings. The number of pyridine rings is 1. The first-order chi connectivity index (χ1) is 8.19. The highest BCUT2D eigenvalue weighted by atomic mass is 15.4. The van der Waals surface area contributed by atoms with Crippen LogP contribution in [-0.2, 0) is 6.54 Å². The molecule has 1 unspecified atom stereocenters. The van der Waals surface area contributed by atoms with Gasteiger partial charge in [-0.25, -0.2) is 4.68 Å². The van der Waals surface area contributed by atoms with Crippen LogP contribution in [0.3, 0.4) is 0 Å². The smallest absolute Gasteiger partial charge is 0.0994 e. The normalized spacial score (nSPS) is 12.6. The molecule has 1 atom stereocenters. The molecule has 2 aromatic heterocycles. The largest absolute Gasteiger partial charge is 0.323 e. The van der Waals surface area contributed by atoms with Gasteiger partial charge in [-0.3, -0.25) is 4.98 Å². The van der Waals surface area contributed by atoms with Crippen LogP contribution in [0.1, 0.15) is 36.5 Å². The summed E-state index contributed by atoms with van der Waals surface area (Å²) in [5, 5.41) is 8.12. The Morgan fingerprint density at radius 1 is 1.41 bits per heavy atom. The highest BCUT2D eigenvalue weighted by Gasteiger charge is 2.08. The maximum Gasteiger partial charge on any atom is 0.0994 e. The third-order valence-electron chi connectivity index (χ3n) is 2.65. The fraction of sp³-hybridized carbons (Fsp3) is 0.417. The SMILES string of the molecule is CCC(N)c1cn(Cc2cccc(C)n2)nn1. The van der Waals surface area contributed by atoms with Crippen molar-refractivity contribution in [1.82, 2.24) is 20.0 Å². The first-order valence-corrected chi connectivity index (χ1v) is 5.77. The van der Waals surface area contributed by atoms with Gasteiger partial charge in [-0.05, 0) is 25.5 Å². The average Bonchev–Trinajstić information content (AvgIpc) is 2.76. The van der Waals surface area contributed by atoms with Gasteiger partial charge in [0.15, 0.2) is 0 Å². The van der Waals surface area contributed by atoms with Crippen molar-refractivity contribution in [2.75, 3.05) is 0 Å². The summed E-state index contributed by atoms with van der Waals surface area (Å²) < 4.78 is 1.77. The van der Waals surface area contributed by atoms with Crippen molar-refractivity contribution in [3.8, 4) is 0 Å². The monoisotopic (exact) mass is 231 g/mol. The summed E-state index contributed by atoms with van der Waals surface area (Å²) in [6.07, 6.45) is 2.75. The van der Waals surface area contributed by atoms with Crippen LogP contribution in [0.2, 0.25) is 0 Å². The molecule has 5 heteroatoms. The van der Waals surface area contributed by atoms with E-state index >= 15 is 0 Å². The maximum absolute atomic E-state index is 5.89. The minimum absolute atomic E-state index is 0.0331. The van der Waals surface area contributed by atoms with Crippen molar-refractivity contribution in [1.29, 1.82) is 0 Å². The van der Waals surface area contributed by atoms with Crippen LogP contribution < -0.4 is 5.73 Å². The summed E-state index contributed by atoms with van der Waals surface area (Å²) in [6.45, 7) is 4.64. The second-order valence-corrected chi connectivity index (χ2v) is 4.13. The summed E-state index contributed by atoms with van der Waals surface area (Å²) in [5.74, 6) is 0. The van der Waals surface area contributed by atoms with Gasteiger partial charge >= 0.3 is 0 Å². The van der Waals surface area contributed by atoms with Crippen molar-refractivity contribution in [3.05, 3.63) is 41.5 Å². The Hall–Kier alpha value is -1.75. The zero-order valence-electron chi connectivity index (χ0n) is 10.2. The van der Waals surface area contributed by atoms with E-state index in [9.17, 15) is 0 Å². The minimum Gasteiger partial charge on any atom is -0.323 e. The highest BCUT2D eigenvalue weighted by molar-refractivity contribution is 5.10. The molecule has 0 aliphatic heterocycles. The van der Waals surface area contributed by atoms with E-state index in [1.54, 1.807) is 4.68 Å². The van der Waals surface area contributed by atoms with Gasteiger partial charge in [-0.15, -0.1) is 5.10 Å². The van der Waals surface area contributed by atoms with Gasteiger partial charge in [0.2, 0.25) is 0 Å². The fourth-order valence-electron chi connectivity index (χ4n) is 1.62. The summed E-state index contributed by atoms with van der Waals surface area (Å²) in [7, 11) is 0. The van der Waals surface area contributed by atoms with Crippen LogP contribution in [0.5, 0.6) is 0 Å². The van der Waals surface area contributed by atoms with Gasteiger partial charge < -0.3 is 5.73 Å². The lowest BCUT2D eigenvalue weighted by atomic mass is 10.2. The van der Waals surface area contributed by atoms with Crippen LogP contribution in [0.4, 0.5) is 0 Å². The van der Waals surface area contributed by atoms with E-state index in [0.717, 1.165) is 23.5 Å². The zero-order chi connectivity index (χ0) is 12.3. The van der Waals surface area contributed by atoms with Gasteiger partial charge in [0.05, 0.1) is 30.2 Å². The van der Waals surface area contributed by atoms with E-state index < -0.39 is 0 Å². The second kappa shape index (κ2) is 5.05. The fourth-order valence-corrected chi connectivity index (χ4v) is 1.62. The predicted octanol–water partition coefficient (Wildman–Crippen LogP) is 1.44. The van der Waals surface area contributed by atoms with E-state index in [0.29, 0.717) is 6.54 Å². The van der Waals surface area contributed by atoms with Crippen molar-refractivity contribution in [2.45, 2.75) is 32.9 Å². The Labute approximate surface area is 101 Å².